The first-order valence-corrected chi connectivity index (χ1v) is 11.5. The molecule has 1 N–H and O–H groups in total. The highest BCUT2D eigenvalue weighted by molar-refractivity contribution is 5.82. The average Bonchev–Trinajstić information content (AvgIpc) is 2.90. The molecule has 0 aliphatic carbocycles. The standard InChI is InChI=1S/C28H28N2O6/c1-18-22-6-5-21(33-2)15-25(22)36-28(32)23(18)7-9-27(31)30-16-20-4-8-24(26(14-20)34-3)35-17-19-10-12-29-13-11-19/h4-6,8,10-15H,7,9,16-17H2,1-3H3,(H,30,31). The van der Waals surface area contributed by atoms with Gasteiger partial charge < -0.3 is 23.9 Å². The Balaban J connectivity index is 1.35. The van der Waals surface area contributed by atoms with Gasteiger partial charge in [0, 0.05) is 42.4 Å². The third-order valence-electron chi connectivity index (χ3n) is 5.96. The second kappa shape index (κ2) is 11.4. The van der Waals surface area contributed by atoms with Crippen LogP contribution in [0.3, 0.4) is 0 Å². The van der Waals surface area contributed by atoms with E-state index >= 15 is 0 Å². The summed E-state index contributed by atoms with van der Waals surface area (Å²) in [5, 5.41) is 3.72. The predicted molar refractivity (Wildman–Crippen MR) is 136 cm³/mol. The summed E-state index contributed by atoms with van der Waals surface area (Å²) in [5.74, 6) is 1.64. The summed E-state index contributed by atoms with van der Waals surface area (Å²) >= 11 is 0. The molecule has 4 aromatic rings. The quantitative estimate of drug-likeness (QED) is 0.332. The topological polar surface area (TPSA) is 99.9 Å². The van der Waals surface area contributed by atoms with Crippen LogP contribution in [0.25, 0.3) is 11.0 Å². The highest BCUT2D eigenvalue weighted by atomic mass is 16.5. The van der Waals surface area contributed by atoms with Crippen molar-refractivity contribution in [1.29, 1.82) is 0 Å². The molecular weight excluding hydrogens is 460 g/mol. The Morgan fingerprint density at radius 3 is 2.53 bits per heavy atom. The molecule has 0 unspecified atom stereocenters. The third kappa shape index (κ3) is 5.83. The van der Waals surface area contributed by atoms with Crippen LogP contribution in [0.5, 0.6) is 17.2 Å². The van der Waals surface area contributed by atoms with Crippen LogP contribution in [0.4, 0.5) is 0 Å². The summed E-state index contributed by atoms with van der Waals surface area (Å²) in [6.07, 6.45) is 3.88. The van der Waals surface area contributed by atoms with Crippen LogP contribution in [0.15, 0.2) is 70.1 Å². The second-order valence-electron chi connectivity index (χ2n) is 8.26. The molecule has 0 aliphatic heterocycles. The van der Waals surface area contributed by atoms with Crippen molar-refractivity contribution in [2.45, 2.75) is 32.9 Å². The van der Waals surface area contributed by atoms with Gasteiger partial charge in [0.25, 0.3) is 0 Å². The van der Waals surface area contributed by atoms with Gasteiger partial charge in [0.15, 0.2) is 11.5 Å². The predicted octanol–water partition coefficient (Wildman–Crippen LogP) is 4.34. The molecule has 2 aromatic carbocycles. The monoisotopic (exact) mass is 488 g/mol. The Morgan fingerprint density at radius 2 is 1.78 bits per heavy atom. The maximum Gasteiger partial charge on any atom is 0.339 e. The summed E-state index contributed by atoms with van der Waals surface area (Å²) in [4.78, 5) is 29.0. The molecule has 0 saturated carbocycles. The van der Waals surface area contributed by atoms with Gasteiger partial charge in [-0.2, -0.15) is 0 Å². The number of benzene rings is 2. The van der Waals surface area contributed by atoms with Gasteiger partial charge in [-0.15, -0.1) is 0 Å². The van der Waals surface area contributed by atoms with Crippen molar-refractivity contribution in [3.05, 3.63) is 93.6 Å². The van der Waals surface area contributed by atoms with E-state index in [0.29, 0.717) is 41.5 Å². The van der Waals surface area contributed by atoms with Gasteiger partial charge in [-0.25, -0.2) is 4.79 Å². The maximum absolute atomic E-state index is 12.5. The van der Waals surface area contributed by atoms with E-state index in [0.717, 1.165) is 22.1 Å². The third-order valence-corrected chi connectivity index (χ3v) is 5.96. The number of fused-ring (bicyclic) bond motifs is 1. The summed E-state index contributed by atoms with van der Waals surface area (Å²) in [7, 11) is 3.13. The Morgan fingerprint density at radius 1 is 0.972 bits per heavy atom. The molecule has 0 fully saturated rings. The van der Waals surface area contributed by atoms with Gasteiger partial charge in [0.1, 0.15) is 17.9 Å². The SMILES string of the molecule is COc1ccc2c(C)c(CCC(=O)NCc3ccc(OCc4ccncc4)c(OC)c3)c(=O)oc2c1. The van der Waals surface area contributed by atoms with Crippen LogP contribution in [-0.4, -0.2) is 25.1 Å². The lowest BCUT2D eigenvalue weighted by molar-refractivity contribution is -0.121. The molecule has 36 heavy (non-hydrogen) atoms. The number of aromatic nitrogens is 1. The largest absolute Gasteiger partial charge is 0.497 e. The normalized spacial score (nSPS) is 10.8. The van der Waals surface area contributed by atoms with Gasteiger partial charge in [0.05, 0.1) is 14.2 Å². The first kappa shape index (κ1) is 24.8. The van der Waals surface area contributed by atoms with Crippen molar-refractivity contribution in [1.82, 2.24) is 10.3 Å². The van der Waals surface area contributed by atoms with Crippen molar-refractivity contribution in [3.63, 3.8) is 0 Å². The van der Waals surface area contributed by atoms with Crippen molar-refractivity contribution >= 4 is 16.9 Å². The summed E-state index contributed by atoms with van der Waals surface area (Å²) in [6.45, 7) is 2.58. The van der Waals surface area contributed by atoms with Gasteiger partial charge in [-0.3, -0.25) is 9.78 Å². The Kier molecular flexibility index (Phi) is 7.85. The number of carbonyl (C=O) groups is 1. The minimum Gasteiger partial charge on any atom is -0.497 e. The lowest BCUT2D eigenvalue weighted by Crippen LogP contribution is -2.24. The van der Waals surface area contributed by atoms with Crippen LogP contribution in [0, 0.1) is 6.92 Å². The molecule has 0 spiro atoms. The number of aryl methyl sites for hydroxylation is 1. The number of amides is 1. The van der Waals surface area contributed by atoms with Gasteiger partial charge in [-0.05, 0) is 66.4 Å². The highest BCUT2D eigenvalue weighted by Gasteiger charge is 2.14. The lowest BCUT2D eigenvalue weighted by atomic mass is 10.0. The van der Waals surface area contributed by atoms with Crippen LogP contribution in [0.2, 0.25) is 0 Å². The molecule has 0 atom stereocenters. The molecular formula is C28H28N2O6. The lowest BCUT2D eigenvalue weighted by Gasteiger charge is -2.13. The van der Waals surface area contributed by atoms with Crippen LogP contribution in [-0.2, 0) is 24.4 Å². The van der Waals surface area contributed by atoms with E-state index in [1.165, 1.54) is 0 Å². The Bertz CT molecular complexity index is 1420. The minimum atomic E-state index is -0.437. The fraction of sp³-hybridized carbons (Fsp3) is 0.250. The summed E-state index contributed by atoms with van der Waals surface area (Å²) < 4.78 is 22.0. The zero-order valence-corrected chi connectivity index (χ0v) is 20.5. The zero-order valence-electron chi connectivity index (χ0n) is 20.5. The zero-order chi connectivity index (χ0) is 25.5. The number of methoxy groups -OCH3 is 2. The van der Waals surface area contributed by atoms with E-state index in [2.05, 4.69) is 10.3 Å². The van der Waals surface area contributed by atoms with E-state index in [1.807, 2.05) is 49.4 Å². The van der Waals surface area contributed by atoms with Crippen LogP contribution < -0.4 is 25.2 Å². The van der Waals surface area contributed by atoms with Gasteiger partial charge in [-0.1, -0.05) is 6.07 Å². The Labute approximate surface area is 208 Å². The fourth-order valence-electron chi connectivity index (χ4n) is 3.90. The number of nitrogens with one attached hydrogen (secondary N) is 1. The first-order valence-electron chi connectivity index (χ1n) is 11.5. The molecule has 2 aromatic heterocycles. The molecule has 1 amide bonds. The summed E-state index contributed by atoms with van der Waals surface area (Å²) in [6, 6.07) is 14.7. The van der Waals surface area contributed by atoms with Crippen molar-refractivity contribution in [2.75, 3.05) is 14.2 Å². The Hall–Kier alpha value is -4.33. The smallest absolute Gasteiger partial charge is 0.339 e. The average molecular weight is 489 g/mol. The van der Waals surface area contributed by atoms with E-state index < -0.39 is 5.63 Å². The van der Waals surface area contributed by atoms with Crippen molar-refractivity contribution in [2.24, 2.45) is 0 Å². The number of rotatable bonds is 10. The minimum absolute atomic E-state index is 0.164. The van der Waals surface area contributed by atoms with Crippen LogP contribution in [0.1, 0.15) is 28.7 Å². The van der Waals surface area contributed by atoms with E-state index in [-0.39, 0.29) is 18.7 Å². The number of carbonyl (C=O) groups excluding carboxylic acids is 1. The van der Waals surface area contributed by atoms with E-state index in [1.54, 1.807) is 32.7 Å². The molecule has 186 valence electrons. The molecule has 2 heterocycles. The number of pyridine rings is 1. The van der Waals surface area contributed by atoms with Crippen molar-refractivity contribution in [3.8, 4) is 17.2 Å². The fourth-order valence-corrected chi connectivity index (χ4v) is 3.90. The number of hydrogen-bond donors (Lipinski definition) is 1. The van der Waals surface area contributed by atoms with Crippen molar-refractivity contribution < 1.29 is 23.4 Å². The highest BCUT2D eigenvalue weighted by Crippen LogP contribution is 2.29. The molecule has 8 heteroatoms. The molecule has 0 aliphatic rings. The number of nitrogens with zero attached hydrogens (tertiary/aromatic N) is 1. The van der Waals surface area contributed by atoms with Gasteiger partial charge in [0.2, 0.25) is 5.91 Å². The molecule has 0 saturated heterocycles. The molecule has 8 nitrogen and oxygen atoms in total. The van der Waals surface area contributed by atoms with Gasteiger partial charge >= 0.3 is 5.63 Å². The number of ether oxygens (including phenoxy) is 3. The first-order chi connectivity index (χ1) is 17.5. The second-order valence-corrected chi connectivity index (χ2v) is 8.26. The maximum atomic E-state index is 12.5. The van der Waals surface area contributed by atoms with E-state index in [9.17, 15) is 9.59 Å². The molecule has 0 bridgehead atoms. The number of hydrogen-bond acceptors (Lipinski definition) is 7. The summed E-state index contributed by atoms with van der Waals surface area (Å²) in [5.41, 5.74) is 3.20. The van der Waals surface area contributed by atoms with E-state index in [4.69, 9.17) is 18.6 Å². The molecule has 0 radical (unpaired) electrons. The molecule has 4 rings (SSSR count). The van der Waals surface area contributed by atoms with Crippen LogP contribution >= 0.6 is 0 Å².